The van der Waals surface area contributed by atoms with Crippen LogP contribution >= 0.6 is 0 Å². The summed E-state index contributed by atoms with van der Waals surface area (Å²) in [5.74, 6) is -0.223. The molecule has 3 nitrogen and oxygen atoms in total. The summed E-state index contributed by atoms with van der Waals surface area (Å²) in [6, 6.07) is 16.8. The Bertz CT molecular complexity index is 1130. The highest BCUT2D eigenvalue weighted by atomic mass is 19.1. The molecule has 0 atom stereocenters. The van der Waals surface area contributed by atoms with E-state index in [0.717, 1.165) is 41.1 Å². The zero-order chi connectivity index (χ0) is 18.4. The second kappa shape index (κ2) is 6.31. The van der Waals surface area contributed by atoms with Gasteiger partial charge in [-0.1, -0.05) is 18.2 Å². The first-order chi connectivity index (χ1) is 13.2. The van der Waals surface area contributed by atoms with Gasteiger partial charge in [-0.3, -0.25) is 0 Å². The van der Waals surface area contributed by atoms with Crippen molar-refractivity contribution in [2.75, 3.05) is 0 Å². The van der Waals surface area contributed by atoms with Crippen LogP contribution in [0.2, 0.25) is 0 Å². The second-order valence-corrected chi connectivity index (χ2v) is 7.16. The summed E-state index contributed by atoms with van der Waals surface area (Å²) in [6.45, 7) is 2.07. The molecule has 0 N–H and O–H groups in total. The van der Waals surface area contributed by atoms with Crippen molar-refractivity contribution in [2.45, 2.75) is 32.6 Å². The van der Waals surface area contributed by atoms with E-state index in [1.165, 1.54) is 41.5 Å². The van der Waals surface area contributed by atoms with Crippen molar-refractivity contribution in [3.05, 3.63) is 77.2 Å². The van der Waals surface area contributed by atoms with Crippen molar-refractivity contribution in [1.82, 2.24) is 14.8 Å². The zero-order valence-corrected chi connectivity index (χ0v) is 15.2. The minimum Gasteiger partial charge on any atom is -0.228 e. The number of fused-ring (bicyclic) bond motifs is 3. The normalized spacial score (nSPS) is 13.7. The van der Waals surface area contributed by atoms with Crippen LogP contribution in [0.5, 0.6) is 0 Å². The van der Waals surface area contributed by atoms with E-state index in [0.29, 0.717) is 0 Å². The lowest BCUT2D eigenvalue weighted by Gasteiger charge is -2.20. The van der Waals surface area contributed by atoms with Gasteiger partial charge in [0.2, 0.25) is 0 Å². The minimum absolute atomic E-state index is 0.223. The summed E-state index contributed by atoms with van der Waals surface area (Å²) in [5, 5.41) is 5.99. The fourth-order valence-electron chi connectivity index (χ4n) is 4.18. The summed E-state index contributed by atoms with van der Waals surface area (Å²) in [6.07, 6.45) is 4.41. The topological polar surface area (TPSA) is 30.7 Å². The average molecular weight is 357 g/mol. The lowest BCUT2D eigenvalue weighted by molar-refractivity contribution is 0.628. The van der Waals surface area contributed by atoms with E-state index in [-0.39, 0.29) is 5.82 Å². The largest absolute Gasteiger partial charge is 0.228 e. The van der Waals surface area contributed by atoms with Gasteiger partial charge in [0.1, 0.15) is 5.82 Å². The van der Waals surface area contributed by atoms with Crippen LogP contribution in [0, 0.1) is 12.7 Å². The number of rotatable bonds is 2. The number of aryl methyl sites for hydroxylation is 2. The van der Waals surface area contributed by atoms with Crippen LogP contribution in [-0.2, 0) is 12.8 Å². The van der Waals surface area contributed by atoms with Crippen molar-refractivity contribution in [2.24, 2.45) is 0 Å². The average Bonchev–Trinajstić information content (AvgIpc) is 3.05. The van der Waals surface area contributed by atoms with E-state index < -0.39 is 0 Å². The Morgan fingerprint density at radius 1 is 0.889 bits per heavy atom. The van der Waals surface area contributed by atoms with Crippen LogP contribution in [0.25, 0.3) is 28.0 Å². The Labute approximate surface area is 157 Å². The molecule has 2 heterocycles. The summed E-state index contributed by atoms with van der Waals surface area (Å²) >= 11 is 0. The fraction of sp³-hybridized carbons (Fsp3) is 0.217. The number of hydrogen-bond acceptors (Lipinski definition) is 2. The molecule has 0 radical (unpaired) electrons. The van der Waals surface area contributed by atoms with Gasteiger partial charge in [-0.25, -0.2) is 14.1 Å². The second-order valence-electron chi connectivity index (χ2n) is 7.16. The molecule has 0 amide bonds. The first kappa shape index (κ1) is 16.2. The number of aromatic nitrogens is 3. The van der Waals surface area contributed by atoms with Gasteiger partial charge in [-0.2, -0.15) is 5.10 Å². The van der Waals surface area contributed by atoms with Crippen molar-refractivity contribution < 1.29 is 4.39 Å². The number of nitrogens with zero attached hydrogens (tertiary/aromatic N) is 3. The number of para-hydroxylation sites is 1. The minimum atomic E-state index is -0.223. The molecule has 4 aromatic rings. The third-order valence-electron chi connectivity index (χ3n) is 5.43. The first-order valence-electron chi connectivity index (χ1n) is 9.45. The monoisotopic (exact) mass is 357 g/mol. The molecule has 1 aliphatic rings. The first-order valence-corrected chi connectivity index (χ1v) is 9.45. The quantitative estimate of drug-likeness (QED) is 0.480. The lowest BCUT2D eigenvalue weighted by atomic mass is 9.87. The van der Waals surface area contributed by atoms with Crippen molar-refractivity contribution in [3.8, 4) is 16.9 Å². The van der Waals surface area contributed by atoms with Crippen LogP contribution < -0.4 is 0 Å². The van der Waals surface area contributed by atoms with E-state index in [9.17, 15) is 4.39 Å². The highest BCUT2D eigenvalue weighted by Gasteiger charge is 2.23. The molecule has 134 valence electrons. The highest BCUT2D eigenvalue weighted by Crippen LogP contribution is 2.37. The van der Waals surface area contributed by atoms with E-state index >= 15 is 0 Å². The molecule has 0 saturated carbocycles. The Morgan fingerprint density at radius 3 is 2.33 bits per heavy atom. The lowest BCUT2D eigenvalue weighted by Crippen LogP contribution is -2.08. The molecule has 0 aliphatic heterocycles. The summed E-state index contributed by atoms with van der Waals surface area (Å²) in [5.41, 5.74) is 7.51. The van der Waals surface area contributed by atoms with E-state index in [2.05, 4.69) is 6.92 Å². The van der Waals surface area contributed by atoms with Gasteiger partial charge in [0.25, 0.3) is 0 Å². The molecule has 2 aromatic carbocycles. The Balaban J connectivity index is 1.84. The van der Waals surface area contributed by atoms with Crippen molar-refractivity contribution in [3.63, 3.8) is 0 Å². The molecule has 0 bridgehead atoms. The zero-order valence-electron chi connectivity index (χ0n) is 15.2. The molecule has 27 heavy (non-hydrogen) atoms. The number of pyridine rings is 1. The molecule has 4 heteroatoms. The molecule has 0 spiro atoms. The Hall–Kier alpha value is -3.01. The van der Waals surface area contributed by atoms with Crippen LogP contribution in [-0.4, -0.2) is 14.8 Å². The van der Waals surface area contributed by atoms with Crippen molar-refractivity contribution in [1.29, 1.82) is 0 Å². The molecule has 1 aliphatic carbocycles. The summed E-state index contributed by atoms with van der Waals surface area (Å²) < 4.78 is 15.4. The Morgan fingerprint density at radius 2 is 1.59 bits per heavy atom. The third-order valence-corrected chi connectivity index (χ3v) is 5.43. The third kappa shape index (κ3) is 2.64. The molecule has 0 fully saturated rings. The highest BCUT2D eigenvalue weighted by molar-refractivity contribution is 5.88. The molecular weight excluding hydrogens is 337 g/mol. The number of benzene rings is 2. The van der Waals surface area contributed by atoms with Gasteiger partial charge in [-0.05, 0) is 80.1 Å². The van der Waals surface area contributed by atoms with Gasteiger partial charge >= 0.3 is 0 Å². The van der Waals surface area contributed by atoms with Gasteiger partial charge in [0, 0.05) is 10.9 Å². The predicted molar refractivity (Wildman–Crippen MR) is 106 cm³/mol. The van der Waals surface area contributed by atoms with Crippen molar-refractivity contribution >= 4 is 11.0 Å². The SMILES string of the molecule is Cc1nn(-c2ccccc2)c2nc(-c3ccc(F)cc3)c3c(c12)CCCC3. The summed E-state index contributed by atoms with van der Waals surface area (Å²) in [4.78, 5) is 5.06. The smallest absolute Gasteiger partial charge is 0.164 e. The van der Waals surface area contributed by atoms with Crippen LogP contribution in [0.3, 0.4) is 0 Å². The van der Waals surface area contributed by atoms with Gasteiger partial charge in [0.05, 0.1) is 17.1 Å². The standard InChI is InChI=1S/C23H20FN3/c1-15-21-19-9-5-6-10-20(19)22(16-11-13-17(24)14-12-16)25-23(21)27(26-15)18-7-3-2-4-8-18/h2-4,7-8,11-14H,5-6,9-10H2,1H3. The van der Waals surface area contributed by atoms with Crippen LogP contribution in [0.15, 0.2) is 54.6 Å². The van der Waals surface area contributed by atoms with Gasteiger partial charge in [-0.15, -0.1) is 0 Å². The van der Waals surface area contributed by atoms with Gasteiger partial charge in [0.15, 0.2) is 5.65 Å². The molecular formula is C23H20FN3. The maximum Gasteiger partial charge on any atom is 0.164 e. The van der Waals surface area contributed by atoms with E-state index in [1.54, 1.807) is 0 Å². The molecule has 0 unspecified atom stereocenters. The van der Waals surface area contributed by atoms with E-state index in [4.69, 9.17) is 10.1 Å². The number of hydrogen-bond donors (Lipinski definition) is 0. The fourth-order valence-corrected chi connectivity index (χ4v) is 4.18. The molecule has 0 saturated heterocycles. The summed E-state index contributed by atoms with van der Waals surface area (Å²) in [7, 11) is 0. The predicted octanol–water partition coefficient (Wildman–Crippen LogP) is 5.41. The molecule has 5 rings (SSSR count). The maximum absolute atomic E-state index is 13.4. The number of halogens is 1. The maximum atomic E-state index is 13.4. The van der Waals surface area contributed by atoms with E-state index in [1.807, 2.05) is 47.1 Å². The Kier molecular flexibility index (Phi) is 3.78. The van der Waals surface area contributed by atoms with Crippen LogP contribution in [0.4, 0.5) is 4.39 Å². The van der Waals surface area contributed by atoms with Gasteiger partial charge < -0.3 is 0 Å². The molecule has 2 aromatic heterocycles. The van der Waals surface area contributed by atoms with Crippen LogP contribution in [0.1, 0.15) is 29.7 Å².